The molecule has 3 aliphatic rings. The number of rotatable bonds is 1. The first-order chi connectivity index (χ1) is 10.6. The van der Waals surface area contributed by atoms with Crippen molar-refractivity contribution < 1.29 is 28.7 Å². The molecule has 6 heteroatoms. The maximum absolute atomic E-state index is 11.9. The molecule has 0 bridgehead atoms. The Bertz CT molecular complexity index is 829. The van der Waals surface area contributed by atoms with Gasteiger partial charge >= 0.3 is 23.9 Å². The number of carbonyl (C=O) groups is 4. The third-order valence-electron chi connectivity index (χ3n) is 4.03. The van der Waals surface area contributed by atoms with Crippen LogP contribution in [0.5, 0.6) is 0 Å². The quantitative estimate of drug-likeness (QED) is 0.573. The average Bonchev–Trinajstić information content (AvgIpc) is 2.96. The predicted molar refractivity (Wildman–Crippen MR) is 70.7 cm³/mol. The second kappa shape index (κ2) is 4.24. The summed E-state index contributed by atoms with van der Waals surface area (Å²) in [6, 6.07) is 4.66. The molecule has 2 atom stereocenters. The van der Waals surface area contributed by atoms with Gasteiger partial charge in [-0.3, -0.25) is 4.79 Å². The van der Waals surface area contributed by atoms with Crippen molar-refractivity contribution in [1.82, 2.24) is 0 Å². The SMILES string of the molecule is O=C1OC(=O)C2C1=CC=CC2c1ccc2c(c1)C(=O)OC2=O. The zero-order valence-corrected chi connectivity index (χ0v) is 11.1. The van der Waals surface area contributed by atoms with Gasteiger partial charge in [0.25, 0.3) is 0 Å². The van der Waals surface area contributed by atoms with E-state index in [-0.39, 0.29) is 11.1 Å². The number of ether oxygens (including phenoxy) is 2. The average molecular weight is 296 g/mol. The Kier molecular flexibility index (Phi) is 2.45. The fraction of sp³-hybridized carbons (Fsp3) is 0.125. The molecule has 4 rings (SSSR count). The van der Waals surface area contributed by atoms with Crippen LogP contribution in [0.1, 0.15) is 32.2 Å². The molecule has 22 heavy (non-hydrogen) atoms. The number of hydrogen-bond donors (Lipinski definition) is 0. The summed E-state index contributed by atoms with van der Waals surface area (Å²) in [6.45, 7) is 0. The second-order valence-electron chi connectivity index (χ2n) is 5.20. The van der Waals surface area contributed by atoms with Crippen LogP contribution in [0.3, 0.4) is 0 Å². The molecule has 2 heterocycles. The summed E-state index contributed by atoms with van der Waals surface area (Å²) >= 11 is 0. The monoisotopic (exact) mass is 296 g/mol. The van der Waals surface area contributed by atoms with Gasteiger partial charge in [0.1, 0.15) is 0 Å². The first-order valence-electron chi connectivity index (χ1n) is 6.61. The van der Waals surface area contributed by atoms with E-state index in [1.54, 1.807) is 24.3 Å². The number of carbonyl (C=O) groups excluding carboxylic acids is 4. The van der Waals surface area contributed by atoms with Crippen LogP contribution >= 0.6 is 0 Å². The molecular weight excluding hydrogens is 288 g/mol. The first-order valence-corrected chi connectivity index (χ1v) is 6.61. The fourth-order valence-corrected chi connectivity index (χ4v) is 2.98. The molecule has 0 amide bonds. The molecule has 0 spiro atoms. The van der Waals surface area contributed by atoms with Gasteiger partial charge in [0.2, 0.25) is 0 Å². The van der Waals surface area contributed by atoms with Crippen LogP contribution in [-0.4, -0.2) is 23.9 Å². The summed E-state index contributed by atoms with van der Waals surface area (Å²) in [5, 5.41) is 0. The van der Waals surface area contributed by atoms with Gasteiger partial charge in [-0.25, -0.2) is 14.4 Å². The number of hydrogen-bond acceptors (Lipinski definition) is 6. The second-order valence-corrected chi connectivity index (χ2v) is 5.20. The van der Waals surface area contributed by atoms with Crippen molar-refractivity contribution in [3.63, 3.8) is 0 Å². The minimum Gasteiger partial charge on any atom is -0.389 e. The molecule has 0 aromatic heterocycles. The van der Waals surface area contributed by atoms with Crippen molar-refractivity contribution in [1.29, 1.82) is 0 Å². The molecule has 1 aromatic carbocycles. The van der Waals surface area contributed by atoms with Crippen molar-refractivity contribution in [2.24, 2.45) is 5.92 Å². The minimum absolute atomic E-state index is 0.171. The number of fused-ring (bicyclic) bond motifs is 2. The largest absolute Gasteiger partial charge is 0.389 e. The molecule has 1 saturated heterocycles. The van der Waals surface area contributed by atoms with Gasteiger partial charge in [-0.15, -0.1) is 0 Å². The lowest BCUT2D eigenvalue weighted by atomic mass is 9.79. The number of allylic oxidation sites excluding steroid dienone is 3. The van der Waals surface area contributed by atoms with Crippen LogP contribution < -0.4 is 0 Å². The van der Waals surface area contributed by atoms with E-state index in [9.17, 15) is 19.2 Å². The van der Waals surface area contributed by atoms with Crippen molar-refractivity contribution in [3.8, 4) is 0 Å². The molecule has 0 radical (unpaired) electrons. The standard InChI is InChI=1S/C16H8O6/c17-13-9-5-4-7(6-11(9)15(19)21-13)8-2-1-3-10-12(8)16(20)22-14(10)18/h1-6,8,12H. The molecule has 0 N–H and O–H groups in total. The van der Waals surface area contributed by atoms with E-state index in [4.69, 9.17) is 0 Å². The maximum Gasteiger partial charge on any atom is 0.346 e. The minimum atomic E-state index is -0.719. The van der Waals surface area contributed by atoms with E-state index in [0.717, 1.165) is 0 Å². The molecule has 6 nitrogen and oxygen atoms in total. The van der Waals surface area contributed by atoms with E-state index in [2.05, 4.69) is 9.47 Å². The normalized spacial score (nSPS) is 25.5. The van der Waals surface area contributed by atoms with Gasteiger partial charge in [0, 0.05) is 5.92 Å². The van der Waals surface area contributed by atoms with E-state index in [0.29, 0.717) is 11.1 Å². The van der Waals surface area contributed by atoms with Gasteiger partial charge in [-0.05, 0) is 17.7 Å². The molecule has 1 aliphatic carbocycles. The van der Waals surface area contributed by atoms with Crippen molar-refractivity contribution in [2.75, 3.05) is 0 Å². The smallest absolute Gasteiger partial charge is 0.346 e. The van der Waals surface area contributed by atoms with Gasteiger partial charge in [0.05, 0.1) is 22.6 Å². The lowest BCUT2D eigenvalue weighted by Crippen LogP contribution is -2.20. The van der Waals surface area contributed by atoms with Crippen LogP contribution in [0.2, 0.25) is 0 Å². The first kappa shape index (κ1) is 12.7. The Morgan fingerprint density at radius 1 is 0.864 bits per heavy atom. The molecular formula is C16H8O6. The Morgan fingerprint density at radius 3 is 2.45 bits per heavy atom. The van der Waals surface area contributed by atoms with Gasteiger partial charge in [0.15, 0.2) is 0 Å². The van der Waals surface area contributed by atoms with E-state index >= 15 is 0 Å². The highest BCUT2D eigenvalue weighted by molar-refractivity contribution is 6.15. The highest BCUT2D eigenvalue weighted by Crippen LogP contribution is 2.40. The third kappa shape index (κ3) is 1.60. The summed E-state index contributed by atoms with van der Waals surface area (Å²) in [6.07, 6.45) is 4.99. The van der Waals surface area contributed by atoms with Crippen LogP contribution in [0.15, 0.2) is 42.0 Å². The summed E-state index contributed by atoms with van der Waals surface area (Å²) in [5.74, 6) is -3.77. The van der Waals surface area contributed by atoms with Gasteiger partial charge in [-0.2, -0.15) is 0 Å². The lowest BCUT2D eigenvalue weighted by Gasteiger charge is -2.20. The summed E-state index contributed by atoms with van der Waals surface area (Å²) in [4.78, 5) is 46.6. The van der Waals surface area contributed by atoms with Crippen LogP contribution in [0, 0.1) is 5.92 Å². The predicted octanol–water partition coefficient (Wildman–Crippen LogP) is 1.28. The van der Waals surface area contributed by atoms with E-state index in [1.165, 1.54) is 12.1 Å². The molecule has 2 aliphatic heterocycles. The molecule has 108 valence electrons. The molecule has 0 saturated carbocycles. The summed E-state index contributed by atoms with van der Waals surface area (Å²) < 4.78 is 9.20. The number of cyclic esters (lactones) is 4. The zero-order chi connectivity index (χ0) is 15.4. The van der Waals surface area contributed by atoms with Gasteiger partial charge in [-0.1, -0.05) is 24.3 Å². The fourth-order valence-electron chi connectivity index (χ4n) is 2.98. The topological polar surface area (TPSA) is 86.7 Å². The van der Waals surface area contributed by atoms with E-state index in [1.807, 2.05) is 0 Å². The Morgan fingerprint density at radius 2 is 1.64 bits per heavy atom. The van der Waals surface area contributed by atoms with Crippen molar-refractivity contribution in [3.05, 3.63) is 58.7 Å². The van der Waals surface area contributed by atoms with Crippen LogP contribution in [0.4, 0.5) is 0 Å². The van der Waals surface area contributed by atoms with Crippen LogP contribution in [-0.2, 0) is 19.1 Å². The zero-order valence-electron chi connectivity index (χ0n) is 11.1. The Labute approximate surface area is 124 Å². The number of benzene rings is 1. The summed E-state index contributed by atoms with van der Waals surface area (Å²) in [7, 11) is 0. The Hall–Kier alpha value is -3.02. The molecule has 2 unspecified atom stereocenters. The molecule has 1 aromatic rings. The third-order valence-corrected chi connectivity index (χ3v) is 4.03. The van der Waals surface area contributed by atoms with Crippen molar-refractivity contribution in [2.45, 2.75) is 5.92 Å². The van der Waals surface area contributed by atoms with Gasteiger partial charge < -0.3 is 9.47 Å². The number of esters is 4. The molecule has 1 fully saturated rings. The maximum atomic E-state index is 11.9. The van der Waals surface area contributed by atoms with E-state index < -0.39 is 35.7 Å². The van der Waals surface area contributed by atoms with Crippen molar-refractivity contribution >= 4 is 23.9 Å². The highest BCUT2D eigenvalue weighted by atomic mass is 16.6. The summed E-state index contributed by atoms with van der Waals surface area (Å²) in [5.41, 5.74) is 1.32. The highest BCUT2D eigenvalue weighted by Gasteiger charge is 2.45. The Balaban J connectivity index is 1.79. The lowest BCUT2D eigenvalue weighted by molar-refractivity contribution is -0.152. The van der Waals surface area contributed by atoms with Crippen LogP contribution in [0.25, 0.3) is 0 Å².